The van der Waals surface area contributed by atoms with Crippen LogP contribution in [0.25, 0.3) is 0 Å². The lowest BCUT2D eigenvalue weighted by Gasteiger charge is -2.22. The summed E-state index contributed by atoms with van der Waals surface area (Å²) < 4.78 is 11.2. The molecular weight excluding hydrogens is 284 g/mol. The molecule has 1 aliphatic heterocycles. The van der Waals surface area contributed by atoms with Gasteiger partial charge in [-0.2, -0.15) is 0 Å². The van der Waals surface area contributed by atoms with Crippen LogP contribution in [0.4, 0.5) is 5.69 Å². The SMILES string of the molecule is O=C(CNC1CCS(=O)CC1)Nc1cccc(Cl)c1. The summed E-state index contributed by atoms with van der Waals surface area (Å²) in [6, 6.07) is 7.36. The van der Waals surface area contributed by atoms with E-state index in [9.17, 15) is 9.00 Å². The molecule has 19 heavy (non-hydrogen) atoms. The summed E-state index contributed by atoms with van der Waals surface area (Å²) in [4.78, 5) is 11.8. The Hall–Kier alpha value is -0.910. The van der Waals surface area contributed by atoms with Crippen molar-refractivity contribution in [1.29, 1.82) is 0 Å². The maximum absolute atomic E-state index is 11.8. The maximum atomic E-state index is 11.8. The maximum Gasteiger partial charge on any atom is 0.238 e. The fourth-order valence-corrected chi connectivity index (χ4v) is 3.50. The summed E-state index contributed by atoms with van der Waals surface area (Å²) in [6.07, 6.45) is 1.74. The summed E-state index contributed by atoms with van der Waals surface area (Å²) in [6.45, 7) is 0.268. The smallest absolute Gasteiger partial charge is 0.238 e. The van der Waals surface area contributed by atoms with Crippen LogP contribution in [0.15, 0.2) is 24.3 Å². The van der Waals surface area contributed by atoms with Gasteiger partial charge in [-0.25, -0.2) is 0 Å². The van der Waals surface area contributed by atoms with Gasteiger partial charge in [0.05, 0.1) is 6.54 Å². The highest BCUT2D eigenvalue weighted by Crippen LogP contribution is 2.14. The summed E-state index contributed by atoms with van der Waals surface area (Å²) in [7, 11) is -0.665. The number of benzene rings is 1. The number of nitrogens with one attached hydrogen (secondary N) is 2. The number of rotatable bonds is 4. The zero-order valence-electron chi connectivity index (χ0n) is 10.5. The fraction of sp³-hybridized carbons (Fsp3) is 0.462. The van der Waals surface area contributed by atoms with Crippen molar-refractivity contribution in [2.75, 3.05) is 23.4 Å². The van der Waals surface area contributed by atoms with Crippen molar-refractivity contribution in [1.82, 2.24) is 5.32 Å². The molecule has 0 saturated carbocycles. The Balaban J connectivity index is 1.74. The quantitative estimate of drug-likeness (QED) is 0.891. The van der Waals surface area contributed by atoms with Crippen molar-refractivity contribution >= 4 is 34.0 Å². The highest BCUT2D eigenvalue weighted by molar-refractivity contribution is 7.85. The third-order valence-electron chi connectivity index (χ3n) is 3.05. The topological polar surface area (TPSA) is 58.2 Å². The lowest BCUT2D eigenvalue weighted by atomic mass is 10.1. The first-order chi connectivity index (χ1) is 9.13. The van der Waals surface area contributed by atoms with Gasteiger partial charge in [0.1, 0.15) is 0 Å². The zero-order valence-corrected chi connectivity index (χ0v) is 12.1. The van der Waals surface area contributed by atoms with Crippen LogP contribution in [-0.2, 0) is 15.6 Å². The van der Waals surface area contributed by atoms with E-state index < -0.39 is 10.8 Å². The normalized spacial score (nSPS) is 23.0. The van der Waals surface area contributed by atoms with Crippen molar-refractivity contribution in [3.8, 4) is 0 Å². The van der Waals surface area contributed by atoms with E-state index in [1.165, 1.54) is 0 Å². The minimum absolute atomic E-state index is 0.0889. The minimum Gasteiger partial charge on any atom is -0.325 e. The molecule has 0 spiro atoms. The largest absolute Gasteiger partial charge is 0.325 e. The minimum atomic E-state index is -0.665. The van der Waals surface area contributed by atoms with E-state index in [0.29, 0.717) is 16.8 Å². The summed E-state index contributed by atoms with van der Waals surface area (Å²) in [5, 5.41) is 6.58. The number of carbonyl (C=O) groups is 1. The Morgan fingerprint density at radius 3 is 2.79 bits per heavy atom. The molecule has 1 aromatic rings. The van der Waals surface area contributed by atoms with Crippen LogP contribution in [0.1, 0.15) is 12.8 Å². The molecule has 1 heterocycles. The molecular formula is C13H17ClN2O2S. The Morgan fingerprint density at radius 1 is 1.37 bits per heavy atom. The van der Waals surface area contributed by atoms with Gasteiger partial charge in [0, 0.05) is 39.1 Å². The Morgan fingerprint density at radius 2 is 2.11 bits per heavy atom. The van der Waals surface area contributed by atoms with Gasteiger partial charge in [0.2, 0.25) is 5.91 Å². The molecule has 2 N–H and O–H groups in total. The van der Waals surface area contributed by atoms with Gasteiger partial charge in [-0.05, 0) is 31.0 Å². The van der Waals surface area contributed by atoms with Crippen molar-refractivity contribution in [3.05, 3.63) is 29.3 Å². The fourth-order valence-electron chi connectivity index (χ4n) is 2.01. The molecule has 6 heteroatoms. The third-order valence-corrected chi connectivity index (χ3v) is 4.66. The molecule has 4 nitrogen and oxygen atoms in total. The first kappa shape index (κ1) is 14.5. The highest BCUT2D eigenvalue weighted by atomic mass is 35.5. The predicted octanol–water partition coefficient (Wildman–Crippen LogP) is 1.78. The Kier molecular flexibility index (Phi) is 5.36. The van der Waals surface area contributed by atoms with Crippen LogP contribution < -0.4 is 10.6 Å². The number of carbonyl (C=O) groups excluding carboxylic acids is 1. The molecule has 0 aromatic heterocycles. The van der Waals surface area contributed by atoms with Gasteiger partial charge in [-0.1, -0.05) is 17.7 Å². The van der Waals surface area contributed by atoms with Gasteiger partial charge in [0.25, 0.3) is 0 Å². The Labute approximate surface area is 120 Å². The van der Waals surface area contributed by atoms with E-state index >= 15 is 0 Å². The third kappa shape index (κ3) is 4.93. The van der Waals surface area contributed by atoms with Crippen LogP contribution in [0, 0.1) is 0 Å². The molecule has 2 rings (SSSR count). The van der Waals surface area contributed by atoms with Crippen LogP contribution in [0.2, 0.25) is 5.02 Å². The molecule has 104 valence electrons. The lowest BCUT2D eigenvalue weighted by Crippen LogP contribution is -2.40. The van der Waals surface area contributed by atoms with Gasteiger partial charge in [0.15, 0.2) is 0 Å². The lowest BCUT2D eigenvalue weighted by molar-refractivity contribution is -0.115. The second-order valence-corrected chi connectivity index (χ2v) is 6.69. The number of amides is 1. The summed E-state index contributed by atoms with van der Waals surface area (Å²) >= 11 is 5.85. The predicted molar refractivity (Wildman–Crippen MR) is 79.0 cm³/mol. The molecule has 1 amide bonds. The highest BCUT2D eigenvalue weighted by Gasteiger charge is 2.17. The summed E-state index contributed by atoms with van der Waals surface area (Å²) in [5.74, 6) is 1.37. The molecule has 0 radical (unpaired) electrons. The van der Waals surface area contributed by atoms with E-state index in [4.69, 9.17) is 11.6 Å². The number of halogens is 1. The Bertz CT molecular complexity index is 471. The molecule has 0 unspecified atom stereocenters. The second-order valence-electron chi connectivity index (χ2n) is 4.56. The van der Waals surface area contributed by atoms with E-state index in [-0.39, 0.29) is 12.5 Å². The summed E-state index contributed by atoms with van der Waals surface area (Å²) in [5.41, 5.74) is 0.698. The number of hydrogen-bond donors (Lipinski definition) is 2. The van der Waals surface area contributed by atoms with E-state index in [1.807, 2.05) is 0 Å². The van der Waals surface area contributed by atoms with Gasteiger partial charge >= 0.3 is 0 Å². The van der Waals surface area contributed by atoms with Gasteiger partial charge < -0.3 is 10.6 Å². The monoisotopic (exact) mass is 300 g/mol. The van der Waals surface area contributed by atoms with Crippen LogP contribution in [0.5, 0.6) is 0 Å². The molecule has 1 aromatic carbocycles. The molecule has 0 atom stereocenters. The molecule has 1 aliphatic rings. The molecule has 1 saturated heterocycles. The van der Waals surface area contributed by atoms with Crippen LogP contribution in [-0.4, -0.2) is 34.2 Å². The van der Waals surface area contributed by atoms with Gasteiger partial charge in [-0.3, -0.25) is 9.00 Å². The van der Waals surface area contributed by atoms with E-state index in [1.54, 1.807) is 24.3 Å². The van der Waals surface area contributed by atoms with E-state index in [0.717, 1.165) is 24.3 Å². The van der Waals surface area contributed by atoms with Crippen molar-refractivity contribution in [3.63, 3.8) is 0 Å². The van der Waals surface area contributed by atoms with Crippen molar-refractivity contribution in [2.45, 2.75) is 18.9 Å². The number of hydrogen-bond acceptors (Lipinski definition) is 3. The molecule has 1 fully saturated rings. The van der Waals surface area contributed by atoms with E-state index in [2.05, 4.69) is 10.6 Å². The first-order valence-corrected chi connectivity index (χ1v) is 8.14. The number of anilines is 1. The van der Waals surface area contributed by atoms with Crippen LogP contribution >= 0.6 is 11.6 Å². The molecule has 0 aliphatic carbocycles. The van der Waals surface area contributed by atoms with Crippen LogP contribution in [0.3, 0.4) is 0 Å². The average molecular weight is 301 g/mol. The standard InChI is InChI=1S/C13H17ClN2O2S/c14-10-2-1-3-12(8-10)16-13(17)9-15-11-4-6-19(18)7-5-11/h1-3,8,11,15H,4-7,9H2,(H,16,17). The average Bonchev–Trinajstić information content (AvgIpc) is 2.38. The zero-order chi connectivity index (χ0) is 13.7. The van der Waals surface area contributed by atoms with Crippen molar-refractivity contribution in [2.24, 2.45) is 0 Å². The van der Waals surface area contributed by atoms with Crippen molar-refractivity contribution < 1.29 is 9.00 Å². The first-order valence-electron chi connectivity index (χ1n) is 6.27. The van der Waals surface area contributed by atoms with Gasteiger partial charge in [-0.15, -0.1) is 0 Å². The molecule has 0 bridgehead atoms. The second kappa shape index (κ2) is 7.03.